The summed E-state index contributed by atoms with van der Waals surface area (Å²) in [5, 5.41) is 5.94. The summed E-state index contributed by atoms with van der Waals surface area (Å²) in [5.41, 5.74) is 0.698. The van der Waals surface area contributed by atoms with Crippen molar-refractivity contribution in [2.45, 2.75) is 32.6 Å². The highest BCUT2D eigenvalue weighted by Crippen LogP contribution is 2.28. The lowest BCUT2D eigenvalue weighted by atomic mass is 9.83. The van der Waals surface area contributed by atoms with E-state index in [-0.39, 0.29) is 36.4 Å². The zero-order chi connectivity index (χ0) is 17.4. The molecule has 6 nitrogen and oxygen atoms in total. The maximum Gasteiger partial charge on any atom is 0.243 e. The van der Waals surface area contributed by atoms with Crippen molar-refractivity contribution in [2.75, 3.05) is 32.5 Å². The minimum atomic E-state index is -0.107. The van der Waals surface area contributed by atoms with Gasteiger partial charge < -0.3 is 15.5 Å². The zero-order valence-corrected chi connectivity index (χ0v) is 17.7. The van der Waals surface area contributed by atoms with Gasteiger partial charge in [0.2, 0.25) is 5.91 Å². The lowest BCUT2D eigenvalue weighted by molar-refractivity contribution is -0.115. The maximum absolute atomic E-state index is 12.0. The number of amides is 1. The molecule has 0 aliphatic heterocycles. The molecule has 2 rings (SSSR count). The number of halogens is 1. The number of carbonyl (C=O) groups excluding carboxylic acids is 1. The fourth-order valence-corrected chi connectivity index (χ4v) is 3.17. The highest BCUT2D eigenvalue weighted by molar-refractivity contribution is 14.0. The minimum Gasteiger partial charge on any atom is -0.347 e. The Bertz CT molecular complexity index is 544. The molecule has 0 unspecified atom stereocenters. The van der Waals surface area contributed by atoms with Crippen LogP contribution in [0.4, 0.5) is 5.69 Å². The van der Waals surface area contributed by atoms with Crippen LogP contribution in [0.3, 0.4) is 0 Å². The topological polar surface area (TPSA) is 69.6 Å². The van der Waals surface area contributed by atoms with E-state index >= 15 is 0 Å². The first-order valence-electron chi connectivity index (χ1n) is 8.70. The van der Waals surface area contributed by atoms with Crippen molar-refractivity contribution in [3.63, 3.8) is 0 Å². The van der Waals surface area contributed by atoms with Crippen LogP contribution in [0.1, 0.15) is 32.6 Å². The third-order valence-electron chi connectivity index (χ3n) is 4.59. The van der Waals surface area contributed by atoms with Gasteiger partial charge >= 0.3 is 0 Å². The van der Waals surface area contributed by atoms with Crippen molar-refractivity contribution in [3.05, 3.63) is 24.5 Å². The molecule has 1 aromatic rings. The molecule has 0 radical (unpaired) electrons. The summed E-state index contributed by atoms with van der Waals surface area (Å²) in [6.45, 7) is 3.51. The monoisotopic (exact) mass is 459 g/mol. The first-order valence-corrected chi connectivity index (χ1v) is 8.70. The Morgan fingerprint density at radius 3 is 2.68 bits per heavy atom. The van der Waals surface area contributed by atoms with Gasteiger partial charge in [0.05, 0.1) is 18.4 Å². The summed E-state index contributed by atoms with van der Waals surface area (Å²) >= 11 is 0. The number of hydrogen-bond donors (Lipinski definition) is 2. The Hall–Kier alpha value is -1.38. The molecule has 140 valence electrons. The van der Waals surface area contributed by atoms with E-state index in [1.807, 2.05) is 13.1 Å². The summed E-state index contributed by atoms with van der Waals surface area (Å²) in [6, 6.07) is 3.61. The zero-order valence-electron chi connectivity index (χ0n) is 15.4. The minimum absolute atomic E-state index is 0. The standard InChI is InChI=1S/C18H29N5O.HI/c1-14-6-8-15(9-7-14)13-23(3)18(19-2)21-12-17(24)22-16-5-4-10-20-11-16;/h4-5,10-11,14-15H,6-9,12-13H2,1-3H3,(H,19,21)(H,22,24);1H. The van der Waals surface area contributed by atoms with E-state index in [2.05, 4.69) is 32.4 Å². The number of aliphatic imine (C=N–C) groups is 1. The van der Waals surface area contributed by atoms with Crippen molar-refractivity contribution >= 4 is 41.5 Å². The fraction of sp³-hybridized carbons (Fsp3) is 0.611. The summed E-state index contributed by atoms with van der Waals surface area (Å²) in [6.07, 6.45) is 8.50. The van der Waals surface area contributed by atoms with Crippen LogP contribution in [0, 0.1) is 11.8 Å². The fourth-order valence-electron chi connectivity index (χ4n) is 3.17. The molecule has 0 aromatic carbocycles. The molecular weight excluding hydrogens is 429 g/mol. The normalized spacial score (nSPS) is 20.4. The number of anilines is 1. The molecule has 0 saturated heterocycles. The average molecular weight is 459 g/mol. The van der Waals surface area contributed by atoms with Crippen LogP contribution in [-0.2, 0) is 4.79 Å². The van der Waals surface area contributed by atoms with Crippen LogP contribution in [-0.4, -0.2) is 48.9 Å². The van der Waals surface area contributed by atoms with E-state index in [0.717, 1.165) is 18.4 Å². The quantitative estimate of drug-likeness (QED) is 0.404. The number of guanidine groups is 1. The van der Waals surface area contributed by atoms with Crippen LogP contribution < -0.4 is 10.6 Å². The van der Waals surface area contributed by atoms with E-state index in [1.54, 1.807) is 25.5 Å². The van der Waals surface area contributed by atoms with E-state index < -0.39 is 0 Å². The van der Waals surface area contributed by atoms with Crippen LogP contribution in [0.2, 0.25) is 0 Å². The van der Waals surface area contributed by atoms with Crippen molar-refractivity contribution in [3.8, 4) is 0 Å². The van der Waals surface area contributed by atoms with Gasteiger partial charge in [0.1, 0.15) is 0 Å². The van der Waals surface area contributed by atoms with Crippen molar-refractivity contribution in [2.24, 2.45) is 16.8 Å². The number of nitrogens with one attached hydrogen (secondary N) is 2. The number of carbonyl (C=O) groups is 1. The second-order valence-electron chi connectivity index (χ2n) is 6.70. The van der Waals surface area contributed by atoms with Gasteiger partial charge in [0, 0.05) is 26.8 Å². The van der Waals surface area contributed by atoms with Gasteiger partial charge in [0.15, 0.2) is 5.96 Å². The number of nitrogens with zero attached hydrogens (tertiary/aromatic N) is 3. The van der Waals surface area contributed by atoms with Crippen LogP contribution in [0.15, 0.2) is 29.5 Å². The number of aromatic nitrogens is 1. The first-order chi connectivity index (χ1) is 11.6. The van der Waals surface area contributed by atoms with Gasteiger partial charge in [-0.1, -0.05) is 19.8 Å². The maximum atomic E-state index is 12.0. The van der Waals surface area contributed by atoms with Crippen LogP contribution in [0.5, 0.6) is 0 Å². The van der Waals surface area contributed by atoms with E-state index in [0.29, 0.717) is 11.6 Å². The molecule has 1 aliphatic rings. The highest BCUT2D eigenvalue weighted by atomic mass is 127. The lowest BCUT2D eigenvalue weighted by Gasteiger charge is -2.31. The van der Waals surface area contributed by atoms with Crippen LogP contribution in [0.25, 0.3) is 0 Å². The third kappa shape index (κ3) is 7.58. The van der Waals surface area contributed by atoms with Crippen molar-refractivity contribution in [1.82, 2.24) is 15.2 Å². The summed E-state index contributed by atoms with van der Waals surface area (Å²) in [7, 11) is 3.78. The number of hydrogen-bond acceptors (Lipinski definition) is 3. The predicted molar refractivity (Wildman–Crippen MR) is 113 cm³/mol. The van der Waals surface area contributed by atoms with Crippen molar-refractivity contribution in [1.29, 1.82) is 0 Å². The van der Waals surface area contributed by atoms with Gasteiger partial charge in [-0.05, 0) is 36.8 Å². The molecule has 0 bridgehead atoms. The summed E-state index contributed by atoms with van der Waals surface area (Å²) in [4.78, 5) is 22.4. The van der Waals surface area contributed by atoms with Gasteiger partial charge in [0.25, 0.3) is 0 Å². The van der Waals surface area contributed by atoms with E-state index in [9.17, 15) is 4.79 Å². The molecule has 1 fully saturated rings. The SMILES string of the molecule is CN=C(NCC(=O)Nc1cccnc1)N(C)CC1CCC(C)CC1.I. The molecule has 25 heavy (non-hydrogen) atoms. The predicted octanol–water partition coefficient (Wildman–Crippen LogP) is 2.97. The van der Waals surface area contributed by atoms with E-state index in [4.69, 9.17) is 0 Å². The first kappa shape index (κ1) is 21.7. The smallest absolute Gasteiger partial charge is 0.243 e. The van der Waals surface area contributed by atoms with Crippen LogP contribution >= 0.6 is 24.0 Å². The Labute approximate surface area is 167 Å². The Kier molecular flexibility index (Phi) is 9.77. The molecule has 1 heterocycles. The van der Waals surface area contributed by atoms with Gasteiger partial charge in [-0.2, -0.15) is 0 Å². The summed E-state index contributed by atoms with van der Waals surface area (Å²) < 4.78 is 0. The lowest BCUT2D eigenvalue weighted by Crippen LogP contribution is -2.44. The third-order valence-corrected chi connectivity index (χ3v) is 4.59. The molecule has 2 N–H and O–H groups in total. The molecule has 1 amide bonds. The number of pyridine rings is 1. The van der Waals surface area contributed by atoms with Crippen molar-refractivity contribution < 1.29 is 4.79 Å². The largest absolute Gasteiger partial charge is 0.347 e. The van der Waals surface area contributed by atoms with Gasteiger partial charge in [-0.25, -0.2) is 0 Å². The molecule has 7 heteroatoms. The second-order valence-corrected chi connectivity index (χ2v) is 6.70. The Balaban J connectivity index is 0.00000312. The Morgan fingerprint density at radius 1 is 1.36 bits per heavy atom. The van der Waals surface area contributed by atoms with Gasteiger partial charge in [-0.3, -0.25) is 14.8 Å². The average Bonchev–Trinajstić information content (AvgIpc) is 2.58. The summed E-state index contributed by atoms with van der Waals surface area (Å²) in [5.74, 6) is 2.23. The molecule has 0 atom stereocenters. The second kappa shape index (κ2) is 11.3. The molecule has 0 spiro atoms. The van der Waals surface area contributed by atoms with Gasteiger partial charge in [-0.15, -0.1) is 24.0 Å². The molecule has 1 aliphatic carbocycles. The number of rotatable bonds is 5. The highest BCUT2D eigenvalue weighted by Gasteiger charge is 2.20. The molecule has 1 saturated carbocycles. The molecular formula is C18H30IN5O. The van der Waals surface area contributed by atoms with E-state index in [1.165, 1.54) is 25.7 Å². The Morgan fingerprint density at radius 2 is 2.08 bits per heavy atom. The molecule has 1 aromatic heterocycles.